The van der Waals surface area contributed by atoms with Crippen LogP contribution in [0.1, 0.15) is 19.8 Å². The molecule has 1 aliphatic heterocycles. The van der Waals surface area contributed by atoms with Crippen molar-refractivity contribution in [3.05, 3.63) is 12.4 Å². The summed E-state index contributed by atoms with van der Waals surface area (Å²) in [6.07, 6.45) is 4.06. The Labute approximate surface area is 103 Å². The standard InChI is InChI=1S/C12H21N5/c1-3-17(2)12-7-11(14-9-15-12)16-10-5-4-6-13-8-10/h7,9-10,13H,3-6,8H2,1-2H3,(H,14,15,16). The normalized spacial score (nSPS) is 20.0. The molecule has 2 heterocycles. The molecule has 1 aromatic rings. The van der Waals surface area contributed by atoms with Gasteiger partial charge in [-0.3, -0.25) is 0 Å². The second-order valence-corrected chi connectivity index (χ2v) is 4.46. The summed E-state index contributed by atoms with van der Waals surface area (Å²) in [5.41, 5.74) is 0. The average molecular weight is 235 g/mol. The van der Waals surface area contributed by atoms with Gasteiger partial charge in [0.2, 0.25) is 0 Å². The molecular formula is C12H21N5. The van der Waals surface area contributed by atoms with Gasteiger partial charge in [-0.05, 0) is 26.3 Å². The summed E-state index contributed by atoms with van der Waals surface area (Å²) in [7, 11) is 2.04. The molecule has 1 aromatic heterocycles. The fourth-order valence-corrected chi connectivity index (χ4v) is 1.98. The number of nitrogens with zero attached hydrogens (tertiary/aromatic N) is 3. The predicted octanol–water partition coefficient (Wildman–Crippen LogP) is 1.10. The zero-order chi connectivity index (χ0) is 12.1. The van der Waals surface area contributed by atoms with Crippen molar-refractivity contribution in [2.24, 2.45) is 0 Å². The van der Waals surface area contributed by atoms with Crippen molar-refractivity contribution in [2.45, 2.75) is 25.8 Å². The van der Waals surface area contributed by atoms with Crippen molar-refractivity contribution in [3.8, 4) is 0 Å². The second-order valence-electron chi connectivity index (χ2n) is 4.46. The summed E-state index contributed by atoms with van der Waals surface area (Å²) in [6, 6.07) is 2.50. The van der Waals surface area contributed by atoms with E-state index >= 15 is 0 Å². The van der Waals surface area contributed by atoms with Gasteiger partial charge in [-0.25, -0.2) is 9.97 Å². The molecule has 1 saturated heterocycles. The lowest BCUT2D eigenvalue weighted by Gasteiger charge is -2.24. The smallest absolute Gasteiger partial charge is 0.133 e. The fourth-order valence-electron chi connectivity index (χ4n) is 1.98. The van der Waals surface area contributed by atoms with Crippen LogP contribution in [0.4, 0.5) is 11.6 Å². The summed E-state index contributed by atoms with van der Waals surface area (Å²) < 4.78 is 0. The number of rotatable bonds is 4. The molecule has 94 valence electrons. The van der Waals surface area contributed by atoms with Gasteiger partial charge in [0.1, 0.15) is 18.0 Å². The van der Waals surface area contributed by atoms with E-state index in [1.54, 1.807) is 6.33 Å². The summed E-state index contributed by atoms with van der Waals surface area (Å²) in [4.78, 5) is 10.6. The molecule has 0 aliphatic carbocycles. The van der Waals surface area contributed by atoms with Crippen molar-refractivity contribution >= 4 is 11.6 Å². The van der Waals surface area contributed by atoms with Crippen LogP contribution >= 0.6 is 0 Å². The van der Waals surface area contributed by atoms with Crippen molar-refractivity contribution < 1.29 is 0 Å². The van der Waals surface area contributed by atoms with Crippen LogP contribution in [0, 0.1) is 0 Å². The van der Waals surface area contributed by atoms with Crippen LogP contribution in [-0.2, 0) is 0 Å². The van der Waals surface area contributed by atoms with Crippen molar-refractivity contribution in [1.82, 2.24) is 15.3 Å². The highest BCUT2D eigenvalue weighted by atomic mass is 15.2. The molecule has 1 atom stereocenters. The molecule has 0 radical (unpaired) electrons. The number of aromatic nitrogens is 2. The largest absolute Gasteiger partial charge is 0.366 e. The number of hydrogen-bond donors (Lipinski definition) is 2. The van der Waals surface area contributed by atoms with Crippen LogP contribution in [0.25, 0.3) is 0 Å². The monoisotopic (exact) mass is 235 g/mol. The van der Waals surface area contributed by atoms with Crippen LogP contribution in [0.15, 0.2) is 12.4 Å². The van der Waals surface area contributed by atoms with E-state index in [4.69, 9.17) is 0 Å². The van der Waals surface area contributed by atoms with E-state index in [2.05, 4.69) is 32.4 Å². The van der Waals surface area contributed by atoms with E-state index in [0.717, 1.165) is 31.3 Å². The molecule has 2 N–H and O–H groups in total. The van der Waals surface area contributed by atoms with E-state index in [0.29, 0.717) is 6.04 Å². The minimum atomic E-state index is 0.485. The third-order valence-electron chi connectivity index (χ3n) is 3.17. The van der Waals surface area contributed by atoms with Crippen molar-refractivity contribution in [3.63, 3.8) is 0 Å². The summed E-state index contributed by atoms with van der Waals surface area (Å²) in [5.74, 6) is 1.89. The van der Waals surface area contributed by atoms with Crippen LogP contribution in [0.2, 0.25) is 0 Å². The summed E-state index contributed by atoms with van der Waals surface area (Å²) in [5, 5.41) is 6.85. The van der Waals surface area contributed by atoms with Crippen LogP contribution in [-0.4, -0.2) is 42.7 Å². The van der Waals surface area contributed by atoms with Crippen LogP contribution in [0.3, 0.4) is 0 Å². The number of nitrogens with one attached hydrogen (secondary N) is 2. The zero-order valence-electron chi connectivity index (χ0n) is 10.6. The zero-order valence-corrected chi connectivity index (χ0v) is 10.6. The molecule has 5 heteroatoms. The lowest BCUT2D eigenvalue weighted by Crippen LogP contribution is -2.38. The Kier molecular flexibility index (Phi) is 4.14. The third kappa shape index (κ3) is 3.30. The highest BCUT2D eigenvalue weighted by Crippen LogP contribution is 2.14. The molecule has 1 fully saturated rings. The minimum absolute atomic E-state index is 0.485. The van der Waals surface area contributed by atoms with Gasteiger partial charge in [0.05, 0.1) is 0 Å². The first-order valence-corrected chi connectivity index (χ1v) is 6.30. The SMILES string of the molecule is CCN(C)c1cc(NC2CCCNC2)ncn1. The molecule has 0 amide bonds. The van der Waals surface area contributed by atoms with E-state index in [-0.39, 0.29) is 0 Å². The maximum absolute atomic E-state index is 4.27. The number of anilines is 2. The van der Waals surface area contributed by atoms with Gasteiger partial charge in [0.15, 0.2) is 0 Å². The highest BCUT2D eigenvalue weighted by molar-refractivity contribution is 5.48. The van der Waals surface area contributed by atoms with Gasteiger partial charge in [0.25, 0.3) is 0 Å². The summed E-state index contributed by atoms with van der Waals surface area (Å²) in [6.45, 7) is 5.20. The van der Waals surface area contributed by atoms with Gasteiger partial charge in [-0.1, -0.05) is 0 Å². The Hall–Kier alpha value is -1.36. The molecule has 1 unspecified atom stereocenters. The molecule has 0 spiro atoms. The Morgan fingerprint density at radius 3 is 3.12 bits per heavy atom. The Morgan fingerprint density at radius 1 is 1.53 bits per heavy atom. The number of piperidine rings is 1. The van der Waals surface area contributed by atoms with Crippen molar-refractivity contribution in [1.29, 1.82) is 0 Å². The van der Waals surface area contributed by atoms with Crippen LogP contribution < -0.4 is 15.5 Å². The highest BCUT2D eigenvalue weighted by Gasteiger charge is 2.13. The third-order valence-corrected chi connectivity index (χ3v) is 3.17. The molecule has 17 heavy (non-hydrogen) atoms. The lowest BCUT2D eigenvalue weighted by molar-refractivity contribution is 0.479. The predicted molar refractivity (Wildman–Crippen MR) is 70.5 cm³/mol. The van der Waals surface area contributed by atoms with Gasteiger partial charge in [-0.2, -0.15) is 0 Å². The maximum atomic E-state index is 4.27. The lowest BCUT2D eigenvalue weighted by atomic mass is 10.1. The molecule has 2 rings (SSSR count). The molecule has 5 nitrogen and oxygen atoms in total. The summed E-state index contributed by atoms with van der Waals surface area (Å²) >= 11 is 0. The van der Waals surface area contributed by atoms with E-state index in [1.165, 1.54) is 12.8 Å². The maximum Gasteiger partial charge on any atom is 0.133 e. The van der Waals surface area contributed by atoms with Gasteiger partial charge >= 0.3 is 0 Å². The van der Waals surface area contributed by atoms with E-state index < -0.39 is 0 Å². The first kappa shape index (κ1) is 12.1. The average Bonchev–Trinajstić information content (AvgIpc) is 2.39. The molecule has 0 bridgehead atoms. The van der Waals surface area contributed by atoms with Gasteiger partial charge in [-0.15, -0.1) is 0 Å². The van der Waals surface area contributed by atoms with E-state index in [1.807, 2.05) is 13.1 Å². The minimum Gasteiger partial charge on any atom is -0.366 e. The Morgan fingerprint density at radius 2 is 2.41 bits per heavy atom. The molecule has 0 saturated carbocycles. The quantitative estimate of drug-likeness (QED) is 0.818. The molecular weight excluding hydrogens is 214 g/mol. The Balaban J connectivity index is 2.00. The van der Waals surface area contributed by atoms with Crippen molar-refractivity contribution in [2.75, 3.05) is 36.9 Å². The molecule has 0 aromatic carbocycles. The van der Waals surface area contributed by atoms with Gasteiger partial charge < -0.3 is 15.5 Å². The van der Waals surface area contributed by atoms with Gasteiger partial charge in [0, 0.05) is 32.2 Å². The van der Waals surface area contributed by atoms with E-state index in [9.17, 15) is 0 Å². The first-order chi connectivity index (χ1) is 8.29. The first-order valence-electron chi connectivity index (χ1n) is 6.30. The second kappa shape index (κ2) is 5.82. The topological polar surface area (TPSA) is 53.1 Å². The Bertz CT molecular complexity index is 349. The number of hydrogen-bond acceptors (Lipinski definition) is 5. The van der Waals surface area contributed by atoms with Crippen LogP contribution in [0.5, 0.6) is 0 Å². The molecule has 1 aliphatic rings. The fraction of sp³-hybridized carbons (Fsp3) is 0.667.